The molecule has 1 aromatic rings. The first-order valence-corrected chi connectivity index (χ1v) is 10.7. The second-order valence-electron chi connectivity index (χ2n) is 8.99. The minimum absolute atomic E-state index is 0.125. The number of esters is 1. The number of benzene rings is 1. The van der Waals surface area contributed by atoms with Crippen molar-refractivity contribution in [1.82, 2.24) is 0 Å². The number of carbonyl (C=O) groups excluding carboxylic acids is 1. The number of halogens is 3. The standard InChI is InChI=1S/C23H31F3O3/c1-14-4-6-17(7-5-14)18-8-10-19(11-9-18)22(27)28-20-12-15(2)21(16(3)13-20)29-23(24,25)26/h12-14,17-19H,4-11H2,1-3H3. The van der Waals surface area contributed by atoms with Crippen LogP contribution in [0.4, 0.5) is 13.2 Å². The zero-order valence-corrected chi connectivity index (χ0v) is 17.5. The Morgan fingerprint density at radius 1 is 0.897 bits per heavy atom. The highest BCUT2D eigenvalue weighted by Gasteiger charge is 2.34. The van der Waals surface area contributed by atoms with Crippen molar-refractivity contribution in [3.63, 3.8) is 0 Å². The van der Waals surface area contributed by atoms with Crippen molar-refractivity contribution in [2.45, 2.75) is 78.5 Å². The van der Waals surface area contributed by atoms with Crippen molar-refractivity contribution >= 4 is 5.97 Å². The van der Waals surface area contributed by atoms with E-state index in [9.17, 15) is 18.0 Å². The Bertz CT molecular complexity index is 690. The van der Waals surface area contributed by atoms with Crippen LogP contribution < -0.4 is 9.47 Å². The molecule has 0 unspecified atom stereocenters. The molecule has 0 spiro atoms. The third-order valence-electron chi connectivity index (χ3n) is 6.70. The maximum Gasteiger partial charge on any atom is 0.573 e. The number of carbonyl (C=O) groups is 1. The van der Waals surface area contributed by atoms with E-state index in [1.54, 1.807) is 0 Å². The maximum absolute atomic E-state index is 12.6. The predicted octanol–water partition coefficient (Wildman–Crippen LogP) is 6.74. The van der Waals surface area contributed by atoms with Gasteiger partial charge in [-0.3, -0.25) is 4.79 Å². The lowest BCUT2D eigenvalue weighted by Gasteiger charge is -2.36. The summed E-state index contributed by atoms with van der Waals surface area (Å²) in [4.78, 5) is 12.6. The Morgan fingerprint density at radius 2 is 1.38 bits per heavy atom. The summed E-state index contributed by atoms with van der Waals surface area (Å²) >= 11 is 0. The van der Waals surface area contributed by atoms with Crippen LogP contribution in [0.3, 0.4) is 0 Å². The fraction of sp³-hybridized carbons (Fsp3) is 0.696. The van der Waals surface area contributed by atoms with E-state index in [0.29, 0.717) is 11.1 Å². The first-order chi connectivity index (χ1) is 13.6. The topological polar surface area (TPSA) is 35.5 Å². The van der Waals surface area contributed by atoms with E-state index in [4.69, 9.17) is 4.74 Å². The Labute approximate surface area is 171 Å². The minimum Gasteiger partial charge on any atom is -0.426 e. The first kappa shape index (κ1) is 22.0. The SMILES string of the molecule is Cc1cc(OC(=O)C2CCC(C3CCC(C)CC3)CC2)cc(C)c1OC(F)(F)F. The van der Waals surface area contributed by atoms with E-state index in [1.165, 1.54) is 51.7 Å². The van der Waals surface area contributed by atoms with Crippen LogP contribution in [-0.2, 0) is 4.79 Å². The van der Waals surface area contributed by atoms with Gasteiger partial charge in [0, 0.05) is 0 Å². The largest absolute Gasteiger partial charge is 0.573 e. The van der Waals surface area contributed by atoms with Gasteiger partial charge in [-0.2, -0.15) is 0 Å². The van der Waals surface area contributed by atoms with E-state index in [2.05, 4.69) is 11.7 Å². The van der Waals surface area contributed by atoms with Crippen molar-refractivity contribution in [2.75, 3.05) is 0 Å². The van der Waals surface area contributed by atoms with Gasteiger partial charge in [-0.25, -0.2) is 0 Å². The van der Waals surface area contributed by atoms with E-state index < -0.39 is 6.36 Å². The molecule has 0 aromatic heterocycles. The van der Waals surface area contributed by atoms with Crippen LogP contribution in [0.1, 0.15) is 69.4 Å². The third kappa shape index (κ3) is 5.89. The molecule has 1 aromatic carbocycles. The lowest BCUT2D eigenvalue weighted by Crippen LogP contribution is -2.29. The highest BCUT2D eigenvalue weighted by atomic mass is 19.4. The number of aryl methyl sites for hydroxylation is 2. The zero-order chi connectivity index (χ0) is 21.2. The van der Waals surface area contributed by atoms with E-state index in [-0.39, 0.29) is 23.4 Å². The molecule has 2 saturated carbocycles. The van der Waals surface area contributed by atoms with E-state index >= 15 is 0 Å². The summed E-state index contributed by atoms with van der Waals surface area (Å²) in [6.07, 6.45) is 4.31. The van der Waals surface area contributed by atoms with Crippen molar-refractivity contribution in [3.05, 3.63) is 23.3 Å². The molecule has 3 nitrogen and oxygen atoms in total. The molecule has 0 bridgehead atoms. The van der Waals surface area contributed by atoms with Gasteiger partial charge in [-0.05, 0) is 93.4 Å². The van der Waals surface area contributed by atoms with Crippen LogP contribution in [-0.4, -0.2) is 12.3 Å². The number of hydrogen-bond acceptors (Lipinski definition) is 3. The molecule has 2 aliphatic carbocycles. The summed E-state index contributed by atoms with van der Waals surface area (Å²) in [5.74, 6) is 2.01. The molecule has 0 saturated heterocycles. The monoisotopic (exact) mass is 412 g/mol. The number of alkyl halides is 3. The van der Waals surface area contributed by atoms with Crippen LogP contribution >= 0.6 is 0 Å². The smallest absolute Gasteiger partial charge is 0.426 e. The van der Waals surface area contributed by atoms with Gasteiger partial charge in [0.2, 0.25) is 0 Å². The van der Waals surface area contributed by atoms with Gasteiger partial charge < -0.3 is 9.47 Å². The van der Waals surface area contributed by atoms with Crippen LogP contribution in [0.25, 0.3) is 0 Å². The Morgan fingerprint density at radius 3 is 1.86 bits per heavy atom. The molecule has 0 radical (unpaired) electrons. The van der Waals surface area contributed by atoms with Crippen molar-refractivity contribution < 1.29 is 27.4 Å². The van der Waals surface area contributed by atoms with Gasteiger partial charge in [-0.1, -0.05) is 19.8 Å². The molecule has 0 N–H and O–H groups in total. The summed E-state index contributed by atoms with van der Waals surface area (Å²) in [7, 11) is 0. The van der Waals surface area contributed by atoms with Crippen molar-refractivity contribution in [3.8, 4) is 11.5 Å². The normalized spacial score (nSPS) is 28.1. The van der Waals surface area contributed by atoms with Crippen LogP contribution in [0.15, 0.2) is 12.1 Å². The second kappa shape index (κ2) is 8.97. The van der Waals surface area contributed by atoms with Crippen LogP contribution in [0, 0.1) is 37.5 Å². The summed E-state index contributed by atoms with van der Waals surface area (Å²) in [5, 5.41) is 0. The summed E-state index contributed by atoms with van der Waals surface area (Å²) in [5.41, 5.74) is 0.584. The molecule has 0 amide bonds. The molecule has 0 heterocycles. The lowest BCUT2D eigenvalue weighted by molar-refractivity contribution is -0.275. The maximum atomic E-state index is 12.6. The zero-order valence-electron chi connectivity index (χ0n) is 17.5. The fourth-order valence-electron chi connectivity index (χ4n) is 5.03. The minimum atomic E-state index is -4.75. The van der Waals surface area contributed by atoms with Crippen molar-refractivity contribution in [1.29, 1.82) is 0 Å². The molecule has 3 rings (SSSR count). The van der Waals surface area contributed by atoms with E-state index in [0.717, 1.165) is 43.4 Å². The number of ether oxygens (including phenoxy) is 2. The molecule has 2 fully saturated rings. The molecule has 0 aliphatic heterocycles. The fourth-order valence-corrected chi connectivity index (χ4v) is 5.03. The second-order valence-corrected chi connectivity index (χ2v) is 8.99. The molecule has 0 atom stereocenters. The van der Waals surface area contributed by atoms with Gasteiger partial charge in [0.15, 0.2) is 0 Å². The molecule has 162 valence electrons. The molecular formula is C23H31F3O3. The lowest BCUT2D eigenvalue weighted by atomic mass is 9.69. The Kier molecular flexibility index (Phi) is 6.79. The van der Waals surface area contributed by atoms with Crippen LogP contribution in [0.5, 0.6) is 11.5 Å². The average Bonchev–Trinajstić information content (AvgIpc) is 2.65. The van der Waals surface area contributed by atoms with Gasteiger partial charge >= 0.3 is 12.3 Å². The highest BCUT2D eigenvalue weighted by molar-refractivity contribution is 5.75. The molecule has 29 heavy (non-hydrogen) atoms. The Hall–Kier alpha value is -1.72. The molecule has 2 aliphatic rings. The number of hydrogen-bond donors (Lipinski definition) is 0. The molecule has 6 heteroatoms. The number of rotatable bonds is 4. The quantitative estimate of drug-likeness (QED) is 0.406. The van der Waals surface area contributed by atoms with Gasteiger partial charge in [0.1, 0.15) is 11.5 Å². The predicted molar refractivity (Wildman–Crippen MR) is 105 cm³/mol. The van der Waals surface area contributed by atoms with Gasteiger partial charge in [0.05, 0.1) is 5.92 Å². The summed E-state index contributed by atoms with van der Waals surface area (Å²) in [6.45, 7) is 5.36. The van der Waals surface area contributed by atoms with Gasteiger partial charge in [-0.15, -0.1) is 13.2 Å². The summed E-state index contributed by atoms with van der Waals surface area (Å²) in [6, 6.07) is 2.86. The first-order valence-electron chi connectivity index (χ1n) is 10.7. The summed E-state index contributed by atoms with van der Waals surface area (Å²) < 4.78 is 47.2. The highest BCUT2D eigenvalue weighted by Crippen LogP contribution is 2.41. The third-order valence-corrected chi connectivity index (χ3v) is 6.70. The Balaban J connectivity index is 1.54. The van der Waals surface area contributed by atoms with Crippen molar-refractivity contribution in [2.24, 2.45) is 23.7 Å². The van der Waals surface area contributed by atoms with Gasteiger partial charge in [0.25, 0.3) is 0 Å². The van der Waals surface area contributed by atoms with E-state index in [1.807, 2.05) is 0 Å². The van der Waals surface area contributed by atoms with Crippen LogP contribution in [0.2, 0.25) is 0 Å². The average molecular weight is 412 g/mol. The molecular weight excluding hydrogens is 381 g/mol.